The molecule has 2 aromatic rings. The third kappa shape index (κ3) is 3.02. The van der Waals surface area contributed by atoms with Crippen LogP contribution in [-0.4, -0.2) is 25.6 Å². The van der Waals surface area contributed by atoms with Crippen molar-refractivity contribution < 1.29 is 0 Å². The van der Waals surface area contributed by atoms with Gasteiger partial charge in [0, 0.05) is 25.0 Å². The van der Waals surface area contributed by atoms with E-state index in [1.807, 2.05) is 6.20 Å². The van der Waals surface area contributed by atoms with Crippen molar-refractivity contribution in [3.8, 4) is 0 Å². The summed E-state index contributed by atoms with van der Waals surface area (Å²) < 4.78 is 4.23. The third-order valence-corrected chi connectivity index (χ3v) is 4.63. The van der Waals surface area contributed by atoms with Crippen LogP contribution >= 0.6 is 0 Å². The lowest BCUT2D eigenvalue weighted by molar-refractivity contribution is 0.459. The zero-order valence-corrected chi connectivity index (χ0v) is 12.4. The first-order valence-corrected chi connectivity index (χ1v) is 8.16. The van der Waals surface area contributed by atoms with Gasteiger partial charge in [0.1, 0.15) is 0 Å². The molecule has 2 saturated carbocycles. The Kier molecular flexibility index (Phi) is 3.51. The summed E-state index contributed by atoms with van der Waals surface area (Å²) >= 11 is 0. The molecule has 21 heavy (non-hydrogen) atoms. The molecule has 2 aliphatic rings. The molecule has 0 atom stereocenters. The highest BCUT2D eigenvalue weighted by molar-refractivity contribution is 5.06. The van der Waals surface area contributed by atoms with Gasteiger partial charge in [-0.25, -0.2) is 0 Å². The maximum absolute atomic E-state index is 4.75. The second kappa shape index (κ2) is 5.64. The SMILES string of the molecule is c1cc(CNC2CC2)n(Cc2ccn(C3CCCC3)n2)n1. The van der Waals surface area contributed by atoms with Crippen molar-refractivity contribution in [2.24, 2.45) is 0 Å². The molecule has 2 heterocycles. The molecular weight excluding hydrogens is 262 g/mol. The van der Waals surface area contributed by atoms with Crippen molar-refractivity contribution >= 4 is 0 Å². The highest BCUT2D eigenvalue weighted by atomic mass is 15.3. The van der Waals surface area contributed by atoms with Gasteiger partial charge >= 0.3 is 0 Å². The minimum absolute atomic E-state index is 0.618. The van der Waals surface area contributed by atoms with Crippen LogP contribution in [0.1, 0.15) is 56.0 Å². The van der Waals surface area contributed by atoms with Crippen LogP contribution in [0.4, 0.5) is 0 Å². The molecule has 1 N–H and O–H groups in total. The number of aromatic nitrogens is 4. The van der Waals surface area contributed by atoms with Crippen molar-refractivity contribution in [3.05, 3.63) is 35.9 Å². The minimum atomic E-state index is 0.618. The van der Waals surface area contributed by atoms with Crippen LogP contribution in [0.3, 0.4) is 0 Å². The zero-order valence-electron chi connectivity index (χ0n) is 12.4. The maximum Gasteiger partial charge on any atom is 0.0853 e. The fourth-order valence-corrected chi connectivity index (χ4v) is 3.18. The fraction of sp³-hybridized carbons (Fsp3) is 0.625. The number of rotatable bonds is 6. The summed E-state index contributed by atoms with van der Waals surface area (Å²) in [5.74, 6) is 0. The van der Waals surface area contributed by atoms with Crippen molar-refractivity contribution in [2.45, 2.75) is 63.7 Å². The van der Waals surface area contributed by atoms with Crippen LogP contribution in [0.2, 0.25) is 0 Å². The molecule has 2 aliphatic carbocycles. The molecule has 0 saturated heterocycles. The molecule has 2 aromatic heterocycles. The Balaban J connectivity index is 1.41. The Bertz CT molecular complexity index is 589. The molecule has 0 aromatic carbocycles. The van der Waals surface area contributed by atoms with E-state index in [0.29, 0.717) is 6.04 Å². The van der Waals surface area contributed by atoms with Gasteiger partial charge in [-0.1, -0.05) is 12.8 Å². The predicted molar refractivity (Wildman–Crippen MR) is 80.9 cm³/mol. The molecule has 4 rings (SSSR count). The average molecular weight is 285 g/mol. The second-order valence-electron chi connectivity index (χ2n) is 6.36. The summed E-state index contributed by atoms with van der Waals surface area (Å²) in [4.78, 5) is 0. The van der Waals surface area contributed by atoms with Crippen LogP contribution < -0.4 is 5.32 Å². The largest absolute Gasteiger partial charge is 0.308 e. The molecule has 0 spiro atoms. The van der Waals surface area contributed by atoms with E-state index >= 15 is 0 Å². The minimum Gasteiger partial charge on any atom is -0.308 e. The lowest BCUT2D eigenvalue weighted by Gasteiger charge is -2.09. The highest BCUT2D eigenvalue weighted by Gasteiger charge is 2.21. The Morgan fingerprint density at radius 2 is 2.00 bits per heavy atom. The molecule has 5 nitrogen and oxygen atoms in total. The van der Waals surface area contributed by atoms with Crippen molar-refractivity contribution in [1.29, 1.82) is 0 Å². The van der Waals surface area contributed by atoms with Crippen LogP contribution in [0, 0.1) is 0 Å². The average Bonchev–Trinajstić information content (AvgIpc) is 2.93. The van der Waals surface area contributed by atoms with Crippen molar-refractivity contribution in [1.82, 2.24) is 24.9 Å². The number of hydrogen-bond donors (Lipinski definition) is 1. The Hall–Kier alpha value is -1.62. The summed E-state index contributed by atoms with van der Waals surface area (Å²) in [6.45, 7) is 1.68. The van der Waals surface area contributed by atoms with E-state index in [1.54, 1.807) is 0 Å². The molecule has 0 aliphatic heterocycles. The molecular formula is C16H23N5. The molecule has 0 unspecified atom stereocenters. The summed E-state index contributed by atoms with van der Waals surface area (Å²) in [5.41, 5.74) is 2.36. The van der Waals surface area contributed by atoms with E-state index in [1.165, 1.54) is 44.2 Å². The summed E-state index contributed by atoms with van der Waals surface area (Å²) in [6.07, 6.45) is 11.9. The van der Waals surface area contributed by atoms with E-state index in [9.17, 15) is 0 Å². The van der Waals surface area contributed by atoms with Crippen LogP contribution in [0.15, 0.2) is 24.5 Å². The van der Waals surface area contributed by atoms with Gasteiger partial charge in [0.05, 0.1) is 24.0 Å². The van der Waals surface area contributed by atoms with Gasteiger partial charge in [0.15, 0.2) is 0 Å². The third-order valence-electron chi connectivity index (χ3n) is 4.63. The number of hydrogen-bond acceptors (Lipinski definition) is 3. The molecule has 2 fully saturated rings. The number of nitrogens with zero attached hydrogens (tertiary/aromatic N) is 4. The topological polar surface area (TPSA) is 47.7 Å². The Morgan fingerprint density at radius 3 is 2.81 bits per heavy atom. The van der Waals surface area contributed by atoms with E-state index < -0.39 is 0 Å². The normalized spacial score (nSPS) is 19.4. The first-order chi connectivity index (χ1) is 10.4. The van der Waals surface area contributed by atoms with Gasteiger partial charge < -0.3 is 5.32 Å². The monoisotopic (exact) mass is 285 g/mol. The molecule has 0 amide bonds. The van der Waals surface area contributed by atoms with Crippen molar-refractivity contribution in [2.75, 3.05) is 0 Å². The van der Waals surface area contributed by atoms with Gasteiger partial charge in [0.2, 0.25) is 0 Å². The Morgan fingerprint density at radius 1 is 1.14 bits per heavy atom. The van der Waals surface area contributed by atoms with E-state index in [2.05, 4.69) is 38.1 Å². The quantitative estimate of drug-likeness (QED) is 0.887. The molecule has 0 bridgehead atoms. The standard InChI is InChI=1S/C16H23N5/c1-2-4-15(3-1)20-10-8-14(19-20)12-21-16(7-9-18-21)11-17-13-5-6-13/h7-10,13,15,17H,1-6,11-12H2. The van der Waals surface area contributed by atoms with Gasteiger partial charge in [-0.2, -0.15) is 10.2 Å². The summed E-state index contributed by atoms with van der Waals surface area (Å²) in [7, 11) is 0. The highest BCUT2D eigenvalue weighted by Crippen LogP contribution is 2.28. The maximum atomic E-state index is 4.75. The summed E-state index contributed by atoms with van der Waals surface area (Å²) in [6, 6.07) is 5.59. The van der Waals surface area contributed by atoms with Crippen LogP contribution in [0.25, 0.3) is 0 Å². The van der Waals surface area contributed by atoms with Gasteiger partial charge in [-0.15, -0.1) is 0 Å². The van der Waals surface area contributed by atoms with E-state index in [4.69, 9.17) is 5.10 Å². The van der Waals surface area contributed by atoms with Crippen molar-refractivity contribution in [3.63, 3.8) is 0 Å². The van der Waals surface area contributed by atoms with Gasteiger partial charge in [-0.3, -0.25) is 9.36 Å². The predicted octanol–water partition coefficient (Wildman–Crippen LogP) is 2.50. The lowest BCUT2D eigenvalue weighted by atomic mass is 10.3. The van der Waals surface area contributed by atoms with Gasteiger partial charge in [0.25, 0.3) is 0 Å². The van der Waals surface area contributed by atoms with Gasteiger partial charge in [-0.05, 0) is 37.8 Å². The smallest absolute Gasteiger partial charge is 0.0853 e. The van der Waals surface area contributed by atoms with E-state index in [-0.39, 0.29) is 0 Å². The van der Waals surface area contributed by atoms with Crippen LogP contribution in [-0.2, 0) is 13.1 Å². The molecule has 112 valence electrons. The first-order valence-electron chi connectivity index (χ1n) is 8.16. The summed E-state index contributed by atoms with van der Waals surface area (Å²) in [5, 5.41) is 12.7. The molecule has 0 radical (unpaired) electrons. The lowest BCUT2D eigenvalue weighted by Crippen LogP contribution is -2.19. The Labute approximate surface area is 125 Å². The molecule has 5 heteroatoms. The zero-order chi connectivity index (χ0) is 14.1. The van der Waals surface area contributed by atoms with Crippen LogP contribution in [0.5, 0.6) is 0 Å². The second-order valence-corrected chi connectivity index (χ2v) is 6.36. The van der Waals surface area contributed by atoms with E-state index in [0.717, 1.165) is 24.8 Å². The number of nitrogens with one attached hydrogen (secondary N) is 1. The first kappa shape index (κ1) is 13.1. The fourth-order valence-electron chi connectivity index (χ4n) is 3.18.